The van der Waals surface area contributed by atoms with Gasteiger partial charge in [0.25, 0.3) is 10.2 Å². The van der Waals surface area contributed by atoms with E-state index in [0.717, 1.165) is 19.5 Å². The number of ether oxygens (including phenoxy) is 1. The number of nitrogens with one attached hydrogen (secondary N) is 2. The molecule has 0 aromatic carbocycles. The van der Waals surface area contributed by atoms with Crippen LogP contribution in [0.1, 0.15) is 20.3 Å². The van der Waals surface area contributed by atoms with Crippen LogP contribution in [0.4, 0.5) is 0 Å². The van der Waals surface area contributed by atoms with Gasteiger partial charge in [-0.1, -0.05) is 13.8 Å². The highest BCUT2D eigenvalue weighted by Gasteiger charge is 2.17. The third-order valence-electron chi connectivity index (χ3n) is 2.55. The van der Waals surface area contributed by atoms with Crippen molar-refractivity contribution in [2.75, 3.05) is 46.9 Å². The first-order valence-electron chi connectivity index (χ1n) is 6.34. The van der Waals surface area contributed by atoms with Crippen LogP contribution in [0.5, 0.6) is 0 Å². The molecule has 0 aliphatic heterocycles. The summed E-state index contributed by atoms with van der Waals surface area (Å²) in [6.07, 6.45) is 0.804. The maximum atomic E-state index is 11.9. The Balaban J connectivity index is 3.95. The fourth-order valence-corrected chi connectivity index (χ4v) is 2.51. The van der Waals surface area contributed by atoms with Crippen LogP contribution < -0.4 is 10.0 Å². The molecule has 1 atom stereocenters. The zero-order valence-corrected chi connectivity index (χ0v) is 12.7. The summed E-state index contributed by atoms with van der Waals surface area (Å²) in [5.41, 5.74) is 0. The minimum atomic E-state index is -3.36. The Morgan fingerprint density at radius 2 is 2.06 bits per heavy atom. The second-order valence-corrected chi connectivity index (χ2v) is 6.30. The predicted octanol–water partition coefficient (Wildman–Crippen LogP) is 0.0347. The molecule has 0 aromatic heterocycles. The van der Waals surface area contributed by atoms with E-state index in [2.05, 4.69) is 10.0 Å². The number of hydrogen-bond acceptors (Lipinski definition) is 4. The van der Waals surface area contributed by atoms with Crippen LogP contribution in [-0.4, -0.2) is 59.7 Å². The highest BCUT2D eigenvalue weighted by Crippen LogP contribution is 1.98. The van der Waals surface area contributed by atoms with Crippen LogP contribution >= 0.6 is 0 Å². The van der Waals surface area contributed by atoms with Crippen LogP contribution in [0.25, 0.3) is 0 Å². The molecule has 1 unspecified atom stereocenters. The summed E-state index contributed by atoms with van der Waals surface area (Å²) in [5.74, 6) is 0.167. The summed E-state index contributed by atoms with van der Waals surface area (Å²) < 4.78 is 32.6. The Hall–Kier alpha value is -0.210. The maximum absolute atomic E-state index is 11.9. The lowest BCUT2D eigenvalue weighted by Gasteiger charge is -2.19. The average molecular weight is 281 g/mol. The van der Waals surface area contributed by atoms with Crippen LogP contribution in [0.15, 0.2) is 0 Å². The monoisotopic (exact) mass is 281 g/mol. The molecular formula is C11H27N3O3S. The van der Waals surface area contributed by atoms with Gasteiger partial charge in [0, 0.05) is 33.9 Å². The maximum Gasteiger partial charge on any atom is 0.279 e. The van der Waals surface area contributed by atoms with E-state index >= 15 is 0 Å². The van der Waals surface area contributed by atoms with E-state index in [9.17, 15) is 8.42 Å². The first-order valence-corrected chi connectivity index (χ1v) is 7.78. The molecule has 0 heterocycles. The Labute approximate surface area is 111 Å². The Bertz CT molecular complexity index is 296. The first-order chi connectivity index (χ1) is 8.44. The second-order valence-electron chi connectivity index (χ2n) is 4.44. The molecule has 0 radical (unpaired) electrons. The van der Waals surface area contributed by atoms with Crippen molar-refractivity contribution in [3.05, 3.63) is 0 Å². The molecule has 0 aliphatic rings. The van der Waals surface area contributed by atoms with E-state index in [1.807, 2.05) is 13.8 Å². The van der Waals surface area contributed by atoms with Crippen molar-refractivity contribution in [3.8, 4) is 0 Å². The van der Waals surface area contributed by atoms with Gasteiger partial charge in [-0.25, -0.2) is 4.72 Å². The summed E-state index contributed by atoms with van der Waals surface area (Å²) in [5, 5.41) is 3.16. The van der Waals surface area contributed by atoms with Gasteiger partial charge in [0.2, 0.25) is 0 Å². The van der Waals surface area contributed by atoms with Gasteiger partial charge >= 0.3 is 0 Å². The molecule has 0 rings (SSSR count). The van der Waals surface area contributed by atoms with Crippen molar-refractivity contribution in [1.82, 2.24) is 14.3 Å². The van der Waals surface area contributed by atoms with Gasteiger partial charge in [0.1, 0.15) is 0 Å². The van der Waals surface area contributed by atoms with Crippen LogP contribution in [-0.2, 0) is 14.9 Å². The fraction of sp³-hybridized carbons (Fsp3) is 1.00. The standard InChI is InChI=1S/C11H27N3O3S/c1-5-12-7-6-8-14(3)18(15,16)13-9-11(2)10-17-4/h11-13H,5-10H2,1-4H3. The van der Waals surface area contributed by atoms with Gasteiger partial charge in [0.15, 0.2) is 0 Å². The number of hydrogen-bond donors (Lipinski definition) is 2. The summed E-state index contributed by atoms with van der Waals surface area (Å²) in [6, 6.07) is 0. The molecule has 0 saturated carbocycles. The highest BCUT2D eigenvalue weighted by molar-refractivity contribution is 7.87. The summed E-state index contributed by atoms with van der Waals surface area (Å²) in [4.78, 5) is 0. The molecule has 0 aliphatic carbocycles. The fourth-order valence-electron chi connectivity index (χ4n) is 1.42. The lowest BCUT2D eigenvalue weighted by molar-refractivity contribution is 0.161. The summed E-state index contributed by atoms with van der Waals surface area (Å²) in [6.45, 7) is 7.16. The molecule has 0 aromatic rings. The molecule has 7 heteroatoms. The van der Waals surface area contributed by atoms with E-state index in [-0.39, 0.29) is 5.92 Å². The first kappa shape index (κ1) is 17.8. The molecule has 0 bridgehead atoms. The quantitative estimate of drug-likeness (QED) is 0.524. The van der Waals surface area contributed by atoms with Crippen molar-refractivity contribution >= 4 is 10.2 Å². The van der Waals surface area contributed by atoms with Gasteiger partial charge < -0.3 is 10.1 Å². The number of methoxy groups -OCH3 is 1. The van der Waals surface area contributed by atoms with Crippen molar-refractivity contribution in [3.63, 3.8) is 0 Å². The summed E-state index contributed by atoms with van der Waals surface area (Å²) in [7, 11) is -0.159. The van der Waals surface area contributed by atoms with Gasteiger partial charge in [-0.15, -0.1) is 0 Å². The topological polar surface area (TPSA) is 70.7 Å². The third-order valence-corrected chi connectivity index (χ3v) is 4.09. The van der Waals surface area contributed by atoms with E-state index in [1.165, 1.54) is 4.31 Å². The normalized spacial score (nSPS) is 14.1. The average Bonchev–Trinajstić information content (AvgIpc) is 2.32. The SMILES string of the molecule is CCNCCCN(C)S(=O)(=O)NCC(C)COC. The predicted molar refractivity (Wildman–Crippen MR) is 73.8 cm³/mol. The van der Waals surface area contributed by atoms with Gasteiger partial charge in [-0.05, 0) is 25.4 Å². The minimum absolute atomic E-state index is 0.167. The van der Waals surface area contributed by atoms with E-state index < -0.39 is 10.2 Å². The molecule has 110 valence electrons. The van der Waals surface area contributed by atoms with Crippen molar-refractivity contribution in [1.29, 1.82) is 0 Å². The smallest absolute Gasteiger partial charge is 0.279 e. The van der Waals surface area contributed by atoms with Crippen LogP contribution in [0.3, 0.4) is 0 Å². The molecule has 0 spiro atoms. The highest BCUT2D eigenvalue weighted by atomic mass is 32.2. The van der Waals surface area contributed by atoms with Gasteiger partial charge in [-0.3, -0.25) is 0 Å². The van der Waals surface area contributed by atoms with Crippen LogP contribution in [0, 0.1) is 5.92 Å². The van der Waals surface area contributed by atoms with Gasteiger partial charge in [-0.2, -0.15) is 12.7 Å². The Morgan fingerprint density at radius 1 is 1.39 bits per heavy atom. The summed E-state index contributed by atoms with van der Waals surface area (Å²) >= 11 is 0. The third kappa shape index (κ3) is 7.99. The largest absolute Gasteiger partial charge is 0.384 e. The van der Waals surface area contributed by atoms with Crippen molar-refractivity contribution in [2.45, 2.75) is 20.3 Å². The molecule has 2 N–H and O–H groups in total. The zero-order chi connectivity index (χ0) is 14.0. The van der Waals surface area contributed by atoms with Crippen LogP contribution in [0.2, 0.25) is 0 Å². The minimum Gasteiger partial charge on any atom is -0.384 e. The Kier molecular flexibility index (Phi) is 9.57. The Morgan fingerprint density at radius 3 is 2.61 bits per heavy atom. The van der Waals surface area contributed by atoms with Gasteiger partial charge in [0.05, 0.1) is 0 Å². The lowest BCUT2D eigenvalue weighted by Crippen LogP contribution is -2.41. The van der Waals surface area contributed by atoms with Crippen molar-refractivity contribution in [2.24, 2.45) is 5.92 Å². The molecule has 18 heavy (non-hydrogen) atoms. The zero-order valence-electron chi connectivity index (χ0n) is 11.9. The molecule has 0 amide bonds. The van der Waals surface area contributed by atoms with E-state index in [0.29, 0.717) is 19.7 Å². The van der Waals surface area contributed by atoms with E-state index in [4.69, 9.17) is 4.74 Å². The molecule has 6 nitrogen and oxygen atoms in total. The molecule has 0 saturated heterocycles. The molecule has 0 fully saturated rings. The second kappa shape index (κ2) is 9.69. The lowest BCUT2D eigenvalue weighted by atomic mass is 10.2. The van der Waals surface area contributed by atoms with Crippen molar-refractivity contribution < 1.29 is 13.2 Å². The number of rotatable bonds is 11. The van der Waals surface area contributed by atoms with E-state index in [1.54, 1.807) is 14.2 Å². The number of nitrogens with zero attached hydrogens (tertiary/aromatic N) is 1. The molecular weight excluding hydrogens is 254 g/mol.